The van der Waals surface area contributed by atoms with Crippen molar-refractivity contribution >= 4 is 17.4 Å². The van der Waals surface area contributed by atoms with Crippen LogP contribution < -0.4 is 0 Å². The van der Waals surface area contributed by atoms with E-state index in [1.54, 1.807) is 7.11 Å². The molecule has 0 aliphatic carbocycles. The largest absolute Gasteiger partial charge is 0.458 e. The minimum absolute atomic E-state index is 0.186. The van der Waals surface area contributed by atoms with E-state index in [4.69, 9.17) is 18.3 Å². The summed E-state index contributed by atoms with van der Waals surface area (Å²) in [5.41, 5.74) is 0. The van der Waals surface area contributed by atoms with Gasteiger partial charge in [0.05, 0.1) is 0 Å². The van der Waals surface area contributed by atoms with Gasteiger partial charge in [0.25, 0.3) is 0 Å². The van der Waals surface area contributed by atoms with Gasteiger partial charge in [-0.05, 0) is 52.5 Å². The van der Waals surface area contributed by atoms with E-state index >= 15 is 0 Å². The van der Waals surface area contributed by atoms with Gasteiger partial charge in [0.15, 0.2) is 29.9 Å². The first kappa shape index (κ1) is 18.3. The van der Waals surface area contributed by atoms with Gasteiger partial charge in [-0.25, -0.2) is 0 Å². The van der Waals surface area contributed by atoms with E-state index < -0.39 is 17.4 Å². The summed E-state index contributed by atoms with van der Waals surface area (Å²) < 4.78 is 22.5. The van der Waals surface area contributed by atoms with Gasteiger partial charge in [0.1, 0.15) is 0 Å². The van der Waals surface area contributed by atoms with Crippen LogP contribution in [0, 0.1) is 0 Å². The van der Waals surface area contributed by atoms with Crippen molar-refractivity contribution in [3.8, 4) is 0 Å². The summed E-state index contributed by atoms with van der Waals surface area (Å²) in [6.45, 7) is 13.5. The molecule has 0 aliphatic heterocycles. The number of hydrogen-bond acceptors (Lipinski definition) is 4. The molecule has 0 N–H and O–H groups in total. The molecule has 2 unspecified atom stereocenters. The van der Waals surface area contributed by atoms with Gasteiger partial charge in [-0.15, -0.1) is 0 Å². The van der Waals surface area contributed by atoms with Crippen molar-refractivity contribution in [1.29, 1.82) is 0 Å². The third kappa shape index (κ3) is 9.24. The third-order valence-corrected chi connectivity index (χ3v) is 8.50. The Kier molecular flexibility index (Phi) is 9.36. The quantitative estimate of drug-likeness (QED) is 0.458. The topological polar surface area (TPSA) is 36.9 Å². The molecule has 0 aliphatic rings. The summed E-state index contributed by atoms with van der Waals surface area (Å²) in [4.78, 5) is 0. The fourth-order valence-corrected chi connectivity index (χ4v) is 8.32. The molecule has 0 saturated carbocycles. The Labute approximate surface area is 115 Å². The van der Waals surface area contributed by atoms with Gasteiger partial charge in [-0.1, -0.05) is 0 Å². The second-order valence-electron chi connectivity index (χ2n) is 5.29. The summed E-state index contributed by atoms with van der Waals surface area (Å²) >= 11 is 0. The zero-order chi connectivity index (χ0) is 14.2. The average Bonchev–Trinajstić information content (AvgIpc) is 2.24. The lowest BCUT2D eigenvalue weighted by molar-refractivity contribution is -0.229. The molecule has 110 valence electrons. The van der Waals surface area contributed by atoms with Gasteiger partial charge >= 0.3 is 0 Å². The zero-order valence-electron chi connectivity index (χ0n) is 13.0. The van der Waals surface area contributed by atoms with Gasteiger partial charge < -0.3 is 18.3 Å². The number of hydrogen-bond donors (Lipinski definition) is 0. The van der Waals surface area contributed by atoms with E-state index in [1.807, 2.05) is 13.8 Å². The normalized spacial score (nSPS) is 16.0. The minimum atomic E-state index is -1.56. The van der Waals surface area contributed by atoms with E-state index in [0.29, 0.717) is 6.61 Å². The van der Waals surface area contributed by atoms with Crippen LogP contribution in [0.4, 0.5) is 0 Å². The Hall–Kier alpha value is 0.274. The lowest BCUT2D eigenvalue weighted by Gasteiger charge is -2.28. The molecule has 0 fully saturated rings. The van der Waals surface area contributed by atoms with Crippen LogP contribution in [0.1, 0.15) is 20.3 Å². The summed E-state index contributed by atoms with van der Waals surface area (Å²) in [6.07, 6.45) is 0.461. The van der Waals surface area contributed by atoms with Crippen molar-refractivity contribution < 1.29 is 18.3 Å². The van der Waals surface area contributed by atoms with Crippen LogP contribution in [-0.2, 0) is 18.3 Å². The molecule has 0 saturated heterocycles. The molecule has 0 spiro atoms. The Morgan fingerprint density at radius 3 is 2.28 bits per heavy atom. The van der Waals surface area contributed by atoms with Gasteiger partial charge in [-0.2, -0.15) is 0 Å². The Morgan fingerprint density at radius 2 is 1.83 bits per heavy atom. The Balaban J connectivity index is 4.16. The van der Waals surface area contributed by atoms with Gasteiger partial charge in [0, 0.05) is 13.7 Å². The molecule has 0 rings (SSSR count). The summed E-state index contributed by atoms with van der Waals surface area (Å²) in [5.74, 6) is 0. The Morgan fingerprint density at radius 1 is 1.22 bits per heavy atom. The van der Waals surface area contributed by atoms with Crippen molar-refractivity contribution in [3.63, 3.8) is 0 Å². The maximum atomic E-state index is 6.13. The highest BCUT2D eigenvalue weighted by Gasteiger charge is 2.26. The molecule has 0 aromatic heterocycles. The molecule has 4 nitrogen and oxygen atoms in total. The maximum Gasteiger partial charge on any atom is 0.173 e. The van der Waals surface area contributed by atoms with E-state index in [0.717, 1.165) is 12.5 Å². The van der Waals surface area contributed by atoms with E-state index in [9.17, 15) is 0 Å². The molecule has 0 radical (unpaired) electrons. The van der Waals surface area contributed by atoms with Crippen molar-refractivity contribution in [2.75, 3.05) is 13.7 Å². The van der Waals surface area contributed by atoms with Crippen molar-refractivity contribution in [3.05, 3.63) is 0 Å². The number of rotatable bonds is 10. The first-order chi connectivity index (χ1) is 8.30. The summed E-state index contributed by atoms with van der Waals surface area (Å²) in [7, 11) is -0.874. The lowest BCUT2D eigenvalue weighted by Crippen LogP contribution is -2.37. The molecule has 18 heavy (non-hydrogen) atoms. The molecule has 0 aromatic carbocycles. The highest BCUT2D eigenvalue weighted by molar-refractivity contribution is 6.77. The van der Waals surface area contributed by atoms with Crippen LogP contribution >= 0.6 is 0 Å². The standard InChI is InChI=1S/C12H30O4Si2/c1-8-14-12(15-11(2)13-3)9-10-18(6,7)16-17(4)5/h11-12,17H,8-10H2,1-7H3. The molecule has 0 bridgehead atoms. The van der Waals surface area contributed by atoms with Crippen LogP contribution in [0.5, 0.6) is 0 Å². The fraction of sp³-hybridized carbons (Fsp3) is 1.00. The monoisotopic (exact) mass is 294 g/mol. The number of ether oxygens (including phenoxy) is 3. The van der Waals surface area contributed by atoms with Crippen LogP contribution in [0.15, 0.2) is 0 Å². The maximum absolute atomic E-state index is 6.13. The van der Waals surface area contributed by atoms with Gasteiger partial charge in [0.2, 0.25) is 0 Å². The molecule has 2 atom stereocenters. The highest BCUT2D eigenvalue weighted by Crippen LogP contribution is 2.19. The second-order valence-corrected chi connectivity index (χ2v) is 12.3. The van der Waals surface area contributed by atoms with Crippen molar-refractivity contribution in [2.24, 2.45) is 0 Å². The van der Waals surface area contributed by atoms with Crippen LogP contribution in [-0.4, -0.2) is 43.7 Å². The summed E-state index contributed by atoms with van der Waals surface area (Å²) in [5, 5.41) is 0. The van der Waals surface area contributed by atoms with Gasteiger partial charge in [-0.3, -0.25) is 0 Å². The van der Waals surface area contributed by atoms with E-state index in [1.165, 1.54) is 0 Å². The molecule has 0 heterocycles. The molecule has 0 aromatic rings. The zero-order valence-corrected chi connectivity index (χ0v) is 15.1. The molecular weight excluding hydrogens is 264 g/mol. The SMILES string of the molecule is CCOC(CC[Si](C)(C)O[SiH](C)C)OC(C)OC. The lowest BCUT2D eigenvalue weighted by atomic mass is 10.4. The Bertz CT molecular complexity index is 212. The molecular formula is C12H30O4Si2. The minimum Gasteiger partial charge on any atom is -0.458 e. The predicted octanol–water partition coefficient (Wildman–Crippen LogP) is 2.95. The predicted molar refractivity (Wildman–Crippen MR) is 79.8 cm³/mol. The number of methoxy groups -OCH3 is 1. The first-order valence-electron chi connectivity index (χ1n) is 6.78. The third-order valence-electron chi connectivity index (χ3n) is 2.56. The average molecular weight is 295 g/mol. The van der Waals surface area contributed by atoms with Crippen LogP contribution in [0.3, 0.4) is 0 Å². The van der Waals surface area contributed by atoms with E-state index in [2.05, 4.69) is 26.2 Å². The van der Waals surface area contributed by atoms with Crippen molar-refractivity contribution in [1.82, 2.24) is 0 Å². The molecule has 6 heteroatoms. The van der Waals surface area contributed by atoms with Crippen LogP contribution in [0.2, 0.25) is 32.2 Å². The smallest absolute Gasteiger partial charge is 0.173 e. The van der Waals surface area contributed by atoms with Crippen molar-refractivity contribution in [2.45, 2.75) is 65.1 Å². The fourth-order valence-electron chi connectivity index (χ4n) is 1.81. The first-order valence-corrected chi connectivity index (χ1v) is 12.7. The van der Waals surface area contributed by atoms with E-state index in [-0.39, 0.29) is 12.6 Å². The molecule has 0 amide bonds. The highest BCUT2D eigenvalue weighted by atomic mass is 28.4. The summed E-state index contributed by atoms with van der Waals surface area (Å²) in [6, 6.07) is 1.05. The van der Waals surface area contributed by atoms with Crippen LogP contribution in [0.25, 0.3) is 0 Å². The second kappa shape index (κ2) is 9.22.